The molecule has 1 N–H and O–H groups in total. The first-order chi connectivity index (χ1) is 12.7. The zero-order chi connectivity index (χ0) is 18.4. The molecule has 0 radical (unpaired) electrons. The van der Waals surface area contributed by atoms with Crippen LogP contribution in [-0.2, 0) is 4.79 Å². The van der Waals surface area contributed by atoms with E-state index in [2.05, 4.69) is 51.2 Å². The number of rotatable bonds is 6. The third-order valence-corrected chi connectivity index (χ3v) is 6.07. The fraction of sp³-hybridized carbons (Fsp3) is 0.667. The lowest BCUT2D eigenvalue weighted by molar-refractivity contribution is -0.137. The Balaban J connectivity index is 1.45. The number of para-hydroxylation sites is 1. The van der Waals surface area contributed by atoms with Crippen LogP contribution in [-0.4, -0.2) is 74.6 Å². The molecule has 1 amide bonds. The van der Waals surface area contributed by atoms with E-state index in [0.717, 1.165) is 51.7 Å². The number of amides is 1. The highest BCUT2D eigenvalue weighted by molar-refractivity contribution is 5.81. The minimum atomic E-state index is 0.0172. The van der Waals surface area contributed by atoms with Crippen molar-refractivity contribution in [3.8, 4) is 0 Å². The molecule has 3 rings (SSSR count). The third kappa shape index (κ3) is 4.77. The minimum absolute atomic E-state index is 0.0172. The molecular weight excluding hydrogens is 324 g/mol. The van der Waals surface area contributed by atoms with Crippen molar-refractivity contribution in [2.45, 2.75) is 32.2 Å². The highest BCUT2D eigenvalue weighted by Crippen LogP contribution is 2.23. The van der Waals surface area contributed by atoms with Gasteiger partial charge >= 0.3 is 0 Å². The van der Waals surface area contributed by atoms with Crippen LogP contribution in [0, 0.1) is 5.92 Å². The second kappa shape index (κ2) is 9.38. The zero-order valence-electron chi connectivity index (χ0n) is 16.4. The first kappa shape index (κ1) is 19.2. The molecule has 5 nitrogen and oxygen atoms in total. The maximum atomic E-state index is 12.9. The molecule has 2 aliphatic rings. The summed E-state index contributed by atoms with van der Waals surface area (Å²) in [5.41, 5.74) is 1.26. The molecule has 26 heavy (non-hydrogen) atoms. The first-order valence-corrected chi connectivity index (χ1v) is 10.2. The average molecular weight is 359 g/mol. The Morgan fingerprint density at radius 2 is 1.73 bits per heavy atom. The number of nitrogens with one attached hydrogen (secondary N) is 1. The van der Waals surface area contributed by atoms with Gasteiger partial charge in [0.15, 0.2) is 0 Å². The summed E-state index contributed by atoms with van der Waals surface area (Å²) < 4.78 is 0. The van der Waals surface area contributed by atoms with Gasteiger partial charge < -0.3 is 15.1 Å². The number of nitrogens with zero attached hydrogens (tertiary/aromatic N) is 3. The Hall–Kier alpha value is -1.59. The van der Waals surface area contributed by atoms with Crippen molar-refractivity contribution < 1.29 is 4.79 Å². The summed E-state index contributed by atoms with van der Waals surface area (Å²) in [6, 6.07) is 10.5. The van der Waals surface area contributed by atoms with Crippen molar-refractivity contribution in [1.29, 1.82) is 0 Å². The molecule has 1 aromatic carbocycles. The molecule has 1 aromatic rings. The fourth-order valence-corrected chi connectivity index (χ4v) is 4.22. The van der Waals surface area contributed by atoms with Crippen molar-refractivity contribution in [2.24, 2.45) is 5.92 Å². The quantitative estimate of drug-likeness (QED) is 0.845. The Kier molecular flexibility index (Phi) is 6.92. The maximum Gasteiger partial charge on any atom is 0.239 e. The SMILES string of the molecule is CNCCC1CCN(C(C)C(=O)N2CCN(c3ccccc3)CC2)CC1. The number of piperidine rings is 1. The normalized spacial score (nSPS) is 21.0. The lowest BCUT2D eigenvalue weighted by atomic mass is 9.92. The van der Waals surface area contributed by atoms with Gasteiger partial charge in [-0.3, -0.25) is 9.69 Å². The van der Waals surface area contributed by atoms with Gasteiger partial charge in [0, 0.05) is 31.9 Å². The summed E-state index contributed by atoms with van der Waals surface area (Å²) in [5, 5.41) is 3.25. The van der Waals surface area contributed by atoms with E-state index in [1.807, 2.05) is 13.1 Å². The van der Waals surface area contributed by atoms with Crippen molar-refractivity contribution >= 4 is 11.6 Å². The van der Waals surface area contributed by atoms with Gasteiger partial charge in [-0.05, 0) is 70.9 Å². The van der Waals surface area contributed by atoms with Gasteiger partial charge in [0.2, 0.25) is 5.91 Å². The minimum Gasteiger partial charge on any atom is -0.368 e. The molecular formula is C21H34N4O. The summed E-state index contributed by atoms with van der Waals surface area (Å²) >= 11 is 0. The number of carbonyl (C=O) groups excluding carboxylic acids is 1. The van der Waals surface area contributed by atoms with Crippen LogP contribution in [0.3, 0.4) is 0 Å². The highest BCUT2D eigenvalue weighted by Gasteiger charge is 2.30. The molecule has 2 aliphatic heterocycles. The Labute approximate surface area is 158 Å². The molecule has 0 aliphatic carbocycles. The topological polar surface area (TPSA) is 38.8 Å². The van der Waals surface area contributed by atoms with Crippen LogP contribution >= 0.6 is 0 Å². The number of anilines is 1. The van der Waals surface area contributed by atoms with E-state index in [1.165, 1.54) is 24.9 Å². The number of hydrogen-bond donors (Lipinski definition) is 1. The number of piperazine rings is 1. The number of carbonyl (C=O) groups is 1. The molecule has 1 unspecified atom stereocenters. The van der Waals surface area contributed by atoms with E-state index in [9.17, 15) is 4.79 Å². The first-order valence-electron chi connectivity index (χ1n) is 10.2. The average Bonchev–Trinajstić information content (AvgIpc) is 2.72. The van der Waals surface area contributed by atoms with Crippen LogP contribution in [0.5, 0.6) is 0 Å². The van der Waals surface area contributed by atoms with E-state index >= 15 is 0 Å². The number of benzene rings is 1. The monoisotopic (exact) mass is 358 g/mol. The van der Waals surface area contributed by atoms with Crippen molar-refractivity contribution in [1.82, 2.24) is 15.1 Å². The van der Waals surface area contributed by atoms with E-state index in [0.29, 0.717) is 5.91 Å². The van der Waals surface area contributed by atoms with Crippen LogP contribution in [0.2, 0.25) is 0 Å². The highest BCUT2D eigenvalue weighted by atomic mass is 16.2. The van der Waals surface area contributed by atoms with Gasteiger partial charge in [-0.15, -0.1) is 0 Å². The van der Waals surface area contributed by atoms with E-state index < -0.39 is 0 Å². The van der Waals surface area contributed by atoms with Gasteiger partial charge in [0.05, 0.1) is 6.04 Å². The van der Waals surface area contributed by atoms with E-state index in [4.69, 9.17) is 0 Å². The van der Waals surface area contributed by atoms with Crippen molar-refractivity contribution in [2.75, 3.05) is 57.8 Å². The molecule has 2 fully saturated rings. The van der Waals surface area contributed by atoms with Crippen LogP contribution in [0.1, 0.15) is 26.2 Å². The molecule has 5 heteroatoms. The standard InChI is InChI=1S/C21H34N4O/c1-18(23-12-9-19(10-13-23)8-11-22-2)21(26)25-16-14-24(15-17-25)20-6-4-3-5-7-20/h3-7,18-19,22H,8-17H2,1-2H3. The molecule has 0 bridgehead atoms. The van der Waals surface area contributed by atoms with Crippen molar-refractivity contribution in [3.63, 3.8) is 0 Å². The Morgan fingerprint density at radius 1 is 1.08 bits per heavy atom. The second-order valence-electron chi connectivity index (χ2n) is 7.70. The summed E-state index contributed by atoms with van der Waals surface area (Å²) in [7, 11) is 2.02. The van der Waals surface area contributed by atoms with Gasteiger partial charge in [-0.25, -0.2) is 0 Å². The molecule has 0 saturated carbocycles. The predicted octanol–water partition coefficient (Wildman–Crippen LogP) is 2.05. The van der Waals surface area contributed by atoms with Crippen LogP contribution < -0.4 is 10.2 Å². The fourth-order valence-electron chi connectivity index (χ4n) is 4.22. The van der Waals surface area contributed by atoms with E-state index in [-0.39, 0.29) is 6.04 Å². The van der Waals surface area contributed by atoms with Crippen LogP contribution in [0.4, 0.5) is 5.69 Å². The smallest absolute Gasteiger partial charge is 0.239 e. The molecule has 2 saturated heterocycles. The van der Waals surface area contributed by atoms with Gasteiger partial charge in [-0.2, -0.15) is 0 Å². The summed E-state index contributed by atoms with van der Waals surface area (Å²) in [5.74, 6) is 1.13. The summed E-state index contributed by atoms with van der Waals surface area (Å²) in [4.78, 5) is 19.8. The summed E-state index contributed by atoms with van der Waals surface area (Å²) in [6.45, 7) is 8.83. The lowest BCUT2D eigenvalue weighted by Gasteiger charge is -2.40. The molecule has 1 atom stereocenters. The van der Waals surface area contributed by atoms with Crippen LogP contribution in [0.15, 0.2) is 30.3 Å². The Bertz CT molecular complexity index is 548. The largest absolute Gasteiger partial charge is 0.368 e. The molecule has 2 heterocycles. The number of likely N-dealkylation sites (tertiary alicyclic amines) is 1. The number of hydrogen-bond acceptors (Lipinski definition) is 4. The van der Waals surface area contributed by atoms with Gasteiger partial charge in [0.1, 0.15) is 0 Å². The van der Waals surface area contributed by atoms with Gasteiger partial charge in [0.25, 0.3) is 0 Å². The lowest BCUT2D eigenvalue weighted by Crippen LogP contribution is -2.55. The Morgan fingerprint density at radius 3 is 2.35 bits per heavy atom. The van der Waals surface area contributed by atoms with Crippen LogP contribution in [0.25, 0.3) is 0 Å². The molecule has 0 aromatic heterocycles. The zero-order valence-corrected chi connectivity index (χ0v) is 16.4. The predicted molar refractivity (Wildman–Crippen MR) is 108 cm³/mol. The third-order valence-electron chi connectivity index (χ3n) is 6.07. The van der Waals surface area contributed by atoms with E-state index in [1.54, 1.807) is 0 Å². The van der Waals surface area contributed by atoms with Crippen molar-refractivity contribution in [3.05, 3.63) is 30.3 Å². The van der Waals surface area contributed by atoms with Gasteiger partial charge in [-0.1, -0.05) is 18.2 Å². The molecule has 0 spiro atoms. The molecule has 144 valence electrons. The summed E-state index contributed by atoms with van der Waals surface area (Å²) in [6.07, 6.45) is 3.70. The second-order valence-corrected chi connectivity index (χ2v) is 7.70. The maximum absolute atomic E-state index is 12.9.